The molecule has 1 aromatic rings. The number of nitrogens with zero attached hydrogens (tertiary/aromatic N) is 1. The fraction of sp³-hybridized carbons (Fsp3) is 0.562. The van der Waals surface area contributed by atoms with Crippen molar-refractivity contribution in [2.75, 3.05) is 26.2 Å². The zero-order valence-electron chi connectivity index (χ0n) is 12.1. The molecule has 1 aliphatic heterocycles. The Morgan fingerprint density at radius 2 is 2.25 bits per heavy atom. The number of hydrogen-bond acceptors (Lipinski definition) is 2. The molecular formula is C16H23FN2O. The second-order valence-corrected chi connectivity index (χ2v) is 5.50. The van der Waals surface area contributed by atoms with Gasteiger partial charge in [-0.3, -0.25) is 4.79 Å². The van der Waals surface area contributed by atoms with Crippen LogP contribution in [0.1, 0.15) is 25.3 Å². The SMILES string of the molecule is CC(CCc1cccc(F)c1)C(=O)N1CCCNCC1. The normalized spacial score (nSPS) is 17.6. The predicted molar refractivity (Wildman–Crippen MR) is 78.0 cm³/mol. The summed E-state index contributed by atoms with van der Waals surface area (Å²) >= 11 is 0. The second kappa shape index (κ2) is 7.39. The Morgan fingerprint density at radius 1 is 1.40 bits per heavy atom. The van der Waals surface area contributed by atoms with E-state index in [1.165, 1.54) is 6.07 Å². The molecule has 2 rings (SSSR count). The summed E-state index contributed by atoms with van der Waals surface area (Å²) in [5.74, 6) is 0.0153. The van der Waals surface area contributed by atoms with E-state index >= 15 is 0 Å². The van der Waals surface area contributed by atoms with Crippen LogP contribution in [0.2, 0.25) is 0 Å². The highest BCUT2D eigenvalue weighted by molar-refractivity contribution is 5.78. The van der Waals surface area contributed by atoms with Gasteiger partial charge in [0, 0.05) is 25.6 Å². The number of nitrogens with one attached hydrogen (secondary N) is 1. The van der Waals surface area contributed by atoms with Crippen molar-refractivity contribution in [1.82, 2.24) is 10.2 Å². The molecular weight excluding hydrogens is 255 g/mol. The van der Waals surface area contributed by atoms with Gasteiger partial charge in [-0.2, -0.15) is 0 Å². The standard InChI is InChI=1S/C16H23FN2O/c1-13(6-7-14-4-2-5-15(17)12-14)16(20)19-10-3-8-18-9-11-19/h2,4-5,12-13,18H,3,6-11H2,1H3. The summed E-state index contributed by atoms with van der Waals surface area (Å²) < 4.78 is 13.1. The number of rotatable bonds is 4. The van der Waals surface area contributed by atoms with Gasteiger partial charge >= 0.3 is 0 Å². The van der Waals surface area contributed by atoms with Crippen molar-refractivity contribution in [3.05, 3.63) is 35.6 Å². The zero-order chi connectivity index (χ0) is 14.4. The van der Waals surface area contributed by atoms with Gasteiger partial charge in [0.2, 0.25) is 5.91 Å². The van der Waals surface area contributed by atoms with Gasteiger partial charge in [0.15, 0.2) is 0 Å². The minimum Gasteiger partial charge on any atom is -0.341 e. The fourth-order valence-electron chi connectivity index (χ4n) is 2.58. The van der Waals surface area contributed by atoms with Gasteiger partial charge in [0.1, 0.15) is 5.82 Å². The second-order valence-electron chi connectivity index (χ2n) is 5.50. The molecule has 1 N–H and O–H groups in total. The molecule has 0 saturated carbocycles. The van der Waals surface area contributed by atoms with E-state index in [1.54, 1.807) is 12.1 Å². The Balaban J connectivity index is 1.84. The monoisotopic (exact) mass is 278 g/mol. The molecule has 20 heavy (non-hydrogen) atoms. The lowest BCUT2D eigenvalue weighted by molar-refractivity contribution is -0.134. The largest absolute Gasteiger partial charge is 0.341 e. The molecule has 1 amide bonds. The van der Waals surface area contributed by atoms with Gasteiger partial charge in [0.05, 0.1) is 0 Å². The van der Waals surface area contributed by atoms with E-state index < -0.39 is 0 Å². The topological polar surface area (TPSA) is 32.3 Å². The van der Waals surface area contributed by atoms with Gasteiger partial charge < -0.3 is 10.2 Å². The number of hydrogen-bond donors (Lipinski definition) is 1. The first-order chi connectivity index (χ1) is 9.66. The van der Waals surface area contributed by atoms with Crippen LogP contribution in [0.4, 0.5) is 4.39 Å². The van der Waals surface area contributed by atoms with E-state index in [2.05, 4.69) is 5.32 Å². The molecule has 1 heterocycles. The van der Waals surface area contributed by atoms with E-state index in [0.29, 0.717) is 0 Å². The van der Waals surface area contributed by atoms with Crippen LogP contribution in [0.5, 0.6) is 0 Å². The van der Waals surface area contributed by atoms with Crippen LogP contribution in [0.15, 0.2) is 24.3 Å². The Bertz CT molecular complexity index is 442. The molecule has 1 aromatic carbocycles. The minimum atomic E-state index is -0.208. The number of aryl methyl sites for hydroxylation is 1. The highest BCUT2D eigenvalue weighted by Crippen LogP contribution is 2.14. The van der Waals surface area contributed by atoms with Crippen molar-refractivity contribution in [3.63, 3.8) is 0 Å². The average molecular weight is 278 g/mol. The van der Waals surface area contributed by atoms with Gasteiger partial charge in [0.25, 0.3) is 0 Å². The number of carbonyl (C=O) groups excluding carboxylic acids is 1. The molecule has 0 aromatic heterocycles. The third-order valence-electron chi connectivity index (χ3n) is 3.83. The first-order valence-corrected chi connectivity index (χ1v) is 7.41. The Hall–Kier alpha value is -1.42. The van der Waals surface area contributed by atoms with Crippen molar-refractivity contribution < 1.29 is 9.18 Å². The summed E-state index contributed by atoms with van der Waals surface area (Å²) in [7, 11) is 0. The van der Waals surface area contributed by atoms with Crippen LogP contribution >= 0.6 is 0 Å². The van der Waals surface area contributed by atoms with E-state index in [4.69, 9.17) is 0 Å². The molecule has 1 unspecified atom stereocenters. The fourth-order valence-corrected chi connectivity index (χ4v) is 2.58. The first-order valence-electron chi connectivity index (χ1n) is 7.41. The third kappa shape index (κ3) is 4.30. The first kappa shape index (κ1) is 15.0. The quantitative estimate of drug-likeness (QED) is 0.916. The summed E-state index contributed by atoms with van der Waals surface area (Å²) in [6.45, 7) is 5.48. The summed E-state index contributed by atoms with van der Waals surface area (Å²) in [6, 6.07) is 6.63. The van der Waals surface area contributed by atoms with Crippen LogP contribution < -0.4 is 5.32 Å². The Kier molecular flexibility index (Phi) is 5.53. The van der Waals surface area contributed by atoms with Crippen molar-refractivity contribution in [2.45, 2.75) is 26.2 Å². The summed E-state index contributed by atoms with van der Waals surface area (Å²) in [6.07, 6.45) is 2.53. The maximum absolute atomic E-state index is 13.1. The lowest BCUT2D eigenvalue weighted by Crippen LogP contribution is -2.37. The minimum absolute atomic E-state index is 0.00336. The highest BCUT2D eigenvalue weighted by atomic mass is 19.1. The van der Waals surface area contributed by atoms with E-state index in [9.17, 15) is 9.18 Å². The van der Waals surface area contributed by atoms with Crippen molar-refractivity contribution >= 4 is 5.91 Å². The number of benzene rings is 1. The zero-order valence-corrected chi connectivity index (χ0v) is 12.1. The van der Waals surface area contributed by atoms with Crippen LogP contribution in [0.3, 0.4) is 0 Å². The van der Waals surface area contributed by atoms with E-state index in [1.807, 2.05) is 17.9 Å². The van der Waals surface area contributed by atoms with E-state index in [-0.39, 0.29) is 17.6 Å². The van der Waals surface area contributed by atoms with Gasteiger partial charge in [-0.05, 0) is 43.5 Å². The lowest BCUT2D eigenvalue weighted by atomic mass is 9.99. The molecule has 0 spiro atoms. The molecule has 110 valence electrons. The summed E-state index contributed by atoms with van der Waals surface area (Å²) in [5.41, 5.74) is 0.960. The van der Waals surface area contributed by atoms with Gasteiger partial charge in [-0.15, -0.1) is 0 Å². The van der Waals surface area contributed by atoms with Crippen molar-refractivity contribution in [2.24, 2.45) is 5.92 Å². The lowest BCUT2D eigenvalue weighted by Gasteiger charge is -2.23. The van der Waals surface area contributed by atoms with E-state index in [0.717, 1.165) is 51.0 Å². The van der Waals surface area contributed by atoms with Crippen molar-refractivity contribution in [3.8, 4) is 0 Å². The van der Waals surface area contributed by atoms with Gasteiger partial charge in [-0.1, -0.05) is 19.1 Å². The van der Waals surface area contributed by atoms with Crippen LogP contribution in [0.25, 0.3) is 0 Å². The summed E-state index contributed by atoms with van der Waals surface area (Å²) in [5, 5.41) is 3.30. The average Bonchev–Trinajstić information content (AvgIpc) is 2.73. The molecule has 0 radical (unpaired) electrons. The molecule has 1 saturated heterocycles. The molecule has 1 fully saturated rings. The molecule has 4 heteroatoms. The number of amides is 1. The highest BCUT2D eigenvalue weighted by Gasteiger charge is 2.20. The predicted octanol–water partition coefficient (Wildman–Crippen LogP) is 2.22. The Labute approximate surface area is 120 Å². The maximum atomic E-state index is 13.1. The van der Waals surface area contributed by atoms with Crippen LogP contribution in [-0.4, -0.2) is 37.0 Å². The molecule has 3 nitrogen and oxygen atoms in total. The molecule has 1 aliphatic rings. The Morgan fingerprint density at radius 3 is 3.05 bits per heavy atom. The van der Waals surface area contributed by atoms with Crippen LogP contribution in [-0.2, 0) is 11.2 Å². The number of halogens is 1. The molecule has 0 bridgehead atoms. The number of carbonyl (C=O) groups is 1. The maximum Gasteiger partial charge on any atom is 0.225 e. The van der Waals surface area contributed by atoms with Crippen molar-refractivity contribution in [1.29, 1.82) is 0 Å². The van der Waals surface area contributed by atoms with Crippen LogP contribution in [0, 0.1) is 11.7 Å². The molecule has 0 aliphatic carbocycles. The third-order valence-corrected chi connectivity index (χ3v) is 3.83. The summed E-state index contributed by atoms with van der Waals surface area (Å²) in [4.78, 5) is 14.3. The van der Waals surface area contributed by atoms with Gasteiger partial charge in [-0.25, -0.2) is 4.39 Å². The smallest absolute Gasteiger partial charge is 0.225 e. The molecule has 1 atom stereocenters.